The van der Waals surface area contributed by atoms with E-state index in [1.54, 1.807) is 27.7 Å². The normalized spacial score (nSPS) is 38.8. The van der Waals surface area contributed by atoms with Crippen molar-refractivity contribution in [3.05, 3.63) is 18.4 Å². The van der Waals surface area contributed by atoms with Crippen LogP contribution in [0.1, 0.15) is 42.8 Å². The molecule has 0 bridgehead atoms. The average Bonchev–Trinajstić information content (AvgIpc) is 2.75. The highest BCUT2D eigenvalue weighted by Crippen LogP contribution is 2.36. The molecule has 2 aliphatic heterocycles. The van der Waals surface area contributed by atoms with E-state index in [0.717, 1.165) is 0 Å². The van der Waals surface area contributed by atoms with Crippen molar-refractivity contribution in [2.45, 2.75) is 45.0 Å². The van der Waals surface area contributed by atoms with Gasteiger partial charge in [-0.2, -0.15) is 0 Å². The fourth-order valence-corrected chi connectivity index (χ4v) is 1.86. The Balaban J connectivity index is 2.14. The number of pyridine rings is 1. The van der Waals surface area contributed by atoms with Gasteiger partial charge in [-0.1, -0.05) is 0 Å². The van der Waals surface area contributed by atoms with Crippen molar-refractivity contribution >= 4 is 18.3 Å². The van der Waals surface area contributed by atoms with Crippen LogP contribution in [-0.2, 0) is 14.0 Å². The molecule has 0 saturated carbocycles. The molecule has 6 heteroatoms. The Hall–Kier alpha value is -1.11. The molecule has 2 fully saturated rings. The van der Waals surface area contributed by atoms with E-state index >= 15 is 0 Å². The maximum absolute atomic E-state index is 8.55. The molecule has 0 spiro atoms. The highest BCUT2D eigenvalue weighted by Gasteiger charge is 2.51. The number of hydrogen-bond donors (Lipinski definition) is 0. The second kappa shape index (κ2) is 4.97. The van der Waals surface area contributed by atoms with Crippen LogP contribution in [0, 0.1) is 0 Å². The van der Waals surface area contributed by atoms with Crippen molar-refractivity contribution in [3.63, 3.8) is 0 Å². The van der Waals surface area contributed by atoms with Gasteiger partial charge in [-0.05, 0) is 33.7 Å². The van der Waals surface area contributed by atoms with E-state index in [4.69, 9.17) is 24.4 Å². The Morgan fingerprint density at radius 3 is 2.71 bits per heavy atom. The van der Waals surface area contributed by atoms with Crippen molar-refractivity contribution < 1.29 is 29.1 Å². The predicted molar refractivity (Wildman–Crippen MR) is 83.0 cm³/mol. The Kier molecular flexibility index (Phi) is 1.55. The van der Waals surface area contributed by atoms with Crippen LogP contribution < -0.4 is 10.4 Å². The fourth-order valence-electron chi connectivity index (χ4n) is 1.86. The molecular formula is C15H23BN2O3. The Labute approximate surface area is 142 Å². The molecule has 5 nitrogen and oxygen atoms in total. The first kappa shape index (κ1) is 6.56. The van der Waals surface area contributed by atoms with E-state index in [-0.39, 0.29) is 10.4 Å². The monoisotopic (exact) mass is 301 g/mol. The van der Waals surface area contributed by atoms with Gasteiger partial charge in [0, 0.05) is 31.7 Å². The van der Waals surface area contributed by atoms with Crippen molar-refractivity contribution in [2.24, 2.45) is 0 Å². The van der Waals surface area contributed by atoms with E-state index in [0.29, 0.717) is 0 Å². The number of hydrogen-bond acceptors (Lipinski definition) is 5. The molecular weight excluding hydrogens is 267 g/mol. The summed E-state index contributed by atoms with van der Waals surface area (Å²) in [6.07, 6.45) is -4.54. The van der Waals surface area contributed by atoms with Crippen LogP contribution in [0.2, 0.25) is 0 Å². The van der Waals surface area contributed by atoms with E-state index in [9.17, 15) is 0 Å². The molecule has 1 aromatic heterocycles. The number of aromatic nitrogens is 1. The highest BCUT2D eigenvalue weighted by molar-refractivity contribution is 6.62. The Morgan fingerprint density at radius 1 is 1.43 bits per heavy atom. The molecule has 3 heterocycles. The van der Waals surface area contributed by atoms with Crippen LogP contribution in [0.5, 0.6) is 0 Å². The Morgan fingerprint density at radius 2 is 2.10 bits per heavy atom. The third-order valence-electron chi connectivity index (χ3n) is 3.83. The summed E-state index contributed by atoms with van der Waals surface area (Å²) in [4.78, 5) is 3.96. The third-order valence-corrected chi connectivity index (χ3v) is 3.83. The summed E-state index contributed by atoms with van der Waals surface area (Å²) in [6.45, 7) is 0.743. The highest BCUT2D eigenvalue weighted by atomic mass is 16.7. The summed E-state index contributed by atoms with van der Waals surface area (Å²) in [7, 11) is -4.55. The van der Waals surface area contributed by atoms with Crippen LogP contribution >= 0.6 is 0 Å². The number of ether oxygens (including phenoxy) is 1. The van der Waals surface area contributed by atoms with E-state index in [2.05, 4.69) is 9.72 Å². The molecule has 21 heavy (non-hydrogen) atoms. The molecule has 0 atom stereocenters. The SMILES string of the molecule is [2H]c1nc([2H])c(N2C([2H])([2H])C([2H])(OC([2H])([2H])[2H])C2([2H])[2H])c([2H])c1B1OC(C)(C)C(C)(C)O1. The lowest BCUT2D eigenvalue weighted by Crippen LogP contribution is -2.52. The van der Waals surface area contributed by atoms with Gasteiger partial charge in [0.05, 0.1) is 44.2 Å². The largest absolute Gasteiger partial charge is 0.496 e. The number of nitrogens with zero attached hydrogens (tertiary/aromatic N) is 2. The van der Waals surface area contributed by atoms with Crippen LogP contribution in [0.4, 0.5) is 5.69 Å². The number of rotatable bonds is 3. The van der Waals surface area contributed by atoms with Crippen molar-refractivity contribution in [2.75, 3.05) is 24.9 Å². The summed E-state index contributed by atoms with van der Waals surface area (Å²) in [5.74, 6) is 0. The first-order chi connectivity index (χ1) is 14.1. The molecule has 2 saturated heterocycles. The molecule has 0 N–H and O–H groups in total. The van der Waals surface area contributed by atoms with Gasteiger partial charge < -0.3 is 18.9 Å². The van der Waals surface area contributed by atoms with E-state index in [1.807, 2.05) is 0 Å². The zero-order valence-corrected chi connectivity index (χ0v) is 12.2. The molecule has 114 valence electrons. The van der Waals surface area contributed by atoms with Gasteiger partial charge in [0.15, 0.2) is 0 Å². The number of methoxy groups -OCH3 is 1. The second-order valence-corrected chi connectivity index (χ2v) is 5.80. The lowest BCUT2D eigenvalue weighted by atomic mass is 9.80. The van der Waals surface area contributed by atoms with Gasteiger partial charge in [-0.3, -0.25) is 4.98 Å². The quantitative estimate of drug-likeness (QED) is 0.785. The maximum Gasteiger partial charge on any atom is 0.496 e. The minimum Gasteiger partial charge on any atom is -0.399 e. The Bertz CT molecular complexity index is 922. The first-order valence-corrected chi connectivity index (χ1v) is 6.44. The van der Waals surface area contributed by atoms with Gasteiger partial charge in [-0.25, -0.2) is 0 Å². The molecule has 3 rings (SSSR count). The summed E-state index contributed by atoms with van der Waals surface area (Å²) in [6, 6.07) is -0.655. The minimum atomic E-state index is -3.28. The van der Waals surface area contributed by atoms with Crippen molar-refractivity contribution in [3.8, 4) is 0 Å². The second-order valence-electron chi connectivity index (χ2n) is 5.80. The van der Waals surface area contributed by atoms with E-state index < -0.39 is 68.5 Å². The third kappa shape index (κ3) is 2.56. The fraction of sp³-hybridized carbons (Fsp3) is 0.667. The van der Waals surface area contributed by atoms with Gasteiger partial charge in [0.2, 0.25) is 0 Å². The zero-order valence-electron chi connectivity index (χ0n) is 23.2. The molecule has 0 aliphatic carbocycles. The van der Waals surface area contributed by atoms with Crippen molar-refractivity contribution in [1.82, 2.24) is 4.98 Å². The molecule has 0 unspecified atom stereocenters. The maximum atomic E-state index is 8.55. The van der Waals surface area contributed by atoms with Crippen LogP contribution in [0.3, 0.4) is 0 Å². The summed E-state index contributed by atoms with van der Waals surface area (Å²) < 4.78 is 103. The molecule has 1 aromatic rings. The van der Waals surface area contributed by atoms with Crippen molar-refractivity contribution in [1.29, 1.82) is 0 Å². The minimum absolute atomic E-state index is 0.250. The smallest absolute Gasteiger partial charge is 0.399 e. The first-order valence-electron chi connectivity index (χ1n) is 11.9. The lowest BCUT2D eigenvalue weighted by Gasteiger charge is -2.39. The average molecular weight is 301 g/mol. The molecule has 0 amide bonds. The molecule has 2 aliphatic rings. The zero-order chi connectivity index (χ0) is 24.9. The van der Waals surface area contributed by atoms with Gasteiger partial charge in [0.25, 0.3) is 0 Å². The summed E-state index contributed by atoms with van der Waals surface area (Å²) in [5.41, 5.74) is -2.63. The molecule has 0 radical (unpaired) electrons. The number of anilines is 1. The standard InChI is InChI=1S/C15H23BN2O3/c1-14(2)15(3,4)21-16(20-14)11-6-12(8-17-7-11)18-9-13(10-18)19-5/h6-8,13H,9-10H2,1-5H3/i5D3,6D,7D,8D,9D2,10D2,13D. The topological polar surface area (TPSA) is 43.8 Å². The van der Waals surface area contributed by atoms with E-state index in [1.165, 1.54) is 0 Å². The molecule has 0 aromatic carbocycles. The summed E-state index contributed by atoms with van der Waals surface area (Å²) in [5, 5.41) is 0. The predicted octanol–water partition coefficient (Wildman–Crippen LogP) is 1.22. The van der Waals surface area contributed by atoms with Gasteiger partial charge >= 0.3 is 7.12 Å². The van der Waals surface area contributed by atoms with Gasteiger partial charge in [-0.15, -0.1) is 0 Å². The summed E-state index contributed by atoms with van der Waals surface area (Å²) >= 11 is 0. The lowest BCUT2D eigenvalue weighted by molar-refractivity contribution is 0.00578. The van der Waals surface area contributed by atoms with Gasteiger partial charge in [0.1, 0.15) is 0 Å². The van der Waals surface area contributed by atoms with Crippen LogP contribution in [-0.4, -0.2) is 49.4 Å². The van der Waals surface area contributed by atoms with Crippen LogP contribution in [0.25, 0.3) is 0 Å². The van der Waals surface area contributed by atoms with Crippen LogP contribution in [0.15, 0.2) is 18.4 Å².